The molecule has 0 aliphatic heterocycles. The van der Waals surface area contributed by atoms with Crippen molar-refractivity contribution in [2.24, 2.45) is 0 Å². The van der Waals surface area contributed by atoms with Crippen LogP contribution in [0.25, 0.3) is 11.0 Å². The number of anilines is 1. The predicted molar refractivity (Wildman–Crippen MR) is 122 cm³/mol. The van der Waals surface area contributed by atoms with E-state index in [4.69, 9.17) is 0 Å². The van der Waals surface area contributed by atoms with Crippen molar-refractivity contribution in [1.82, 2.24) is 20.1 Å². The maximum Gasteiger partial charge on any atom is 0.255 e. The van der Waals surface area contributed by atoms with Gasteiger partial charge in [-0.15, -0.1) is 0 Å². The molecule has 3 aromatic rings. The Bertz CT molecular complexity index is 1090. The summed E-state index contributed by atoms with van der Waals surface area (Å²) in [6, 6.07) is 6.35. The summed E-state index contributed by atoms with van der Waals surface area (Å²) in [6.07, 6.45) is 6.55. The highest BCUT2D eigenvalue weighted by Crippen LogP contribution is 2.30. The molecule has 2 atom stereocenters. The predicted octanol–water partition coefficient (Wildman–Crippen LogP) is 3.71. The van der Waals surface area contributed by atoms with Gasteiger partial charge in [0.15, 0.2) is 5.65 Å². The molecule has 1 fully saturated rings. The summed E-state index contributed by atoms with van der Waals surface area (Å²) in [5.41, 5.74) is 5.47. The van der Waals surface area contributed by atoms with E-state index in [1.165, 1.54) is 5.56 Å². The average Bonchev–Trinajstić information content (AvgIpc) is 3.17. The summed E-state index contributed by atoms with van der Waals surface area (Å²) in [6.45, 7) is 7.30. The van der Waals surface area contributed by atoms with Crippen molar-refractivity contribution in [2.75, 3.05) is 5.32 Å². The molecule has 0 unspecified atom stereocenters. The van der Waals surface area contributed by atoms with Gasteiger partial charge < -0.3 is 15.7 Å². The molecule has 1 aromatic carbocycles. The fraction of sp³-hybridized carbons (Fsp3) is 0.458. The highest BCUT2D eigenvalue weighted by Gasteiger charge is 2.24. The average molecular weight is 422 g/mol. The summed E-state index contributed by atoms with van der Waals surface area (Å²) >= 11 is 0. The van der Waals surface area contributed by atoms with Crippen molar-refractivity contribution < 1.29 is 9.90 Å². The van der Waals surface area contributed by atoms with Gasteiger partial charge in [-0.2, -0.15) is 5.10 Å². The molecule has 3 N–H and O–H groups in total. The van der Waals surface area contributed by atoms with Crippen LogP contribution in [0, 0.1) is 13.8 Å². The molecular weight excluding hydrogens is 390 g/mol. The van der Waals surface area contributed by atoms with Gasteiger partial charge in [-0.3, -0.25) is 4.79 Å². The van der Waals surface area contributed by atoms with E-state index >= 15 is 0 Å². The van der Waals surface area contributed by atoms with E-state index in [0.29, 0.717) is 25.1 Å². The van der Waals surface area contributed by atoms with Gasteiger partial charge in [0.2, 0.25) is 0 Å². The van der Waals surface area contributed by atoms with Crippen LogP contribution in [0.2, 0.25) is 0 Å². The molecule has 0 saturated heterocycles. The highest BCUT2D eigenvalue weighted by atomic mass is 16.3. The van der Waals surface area contributed by atoms with Crippen molar-refractivity contribution in [3.05, 3.63) is 52.8 Å². The number of nitrogens with one attached hydrogen (secondary N) is 2. The first-order valence-electron chi connectivity index (χ1n) is 11.1. The first kappa shape index (κ1) is 21.3. The van der Waals surface area contributed by atoms with Crippen LogP contribution in [0.15, 0.2) is 30.6 Å². The molecule has 1 amide bonds. The molecule has 1 aliphatic rings. The maximum atomic E-state index is 13.2. The monoisotopic (exact) mass is 421 g/mol. The maximum absolute atomic E-state index is 13.2. The zero-order valence-electron chi connectivity index (χ0n) is 18.5. The minimum Gasteiger partial charge on any atom is -0.393 e. The fourth-order valence-corrected chi connectivity index (χ4v) is 4.40. The smallest absolute Gasteiger partial charge is 0.255 e. The molecular formula is C24H31N5O2. The number of rotatable bonds is 6. The van der Waals surface area contributed by atoms with Crippen LogP contribution in [-0.4, -0.2) is 37.9 Å². The number of nitrogens with zero attached hydrogens (tertiary/aromatic N) is 3. The number of aliphatic hydroxyl groups is 1. The number of aryl methyl sites for hydroxylation is 3. The summed E-state index contributed by atoms with van der Waals surface area (Å²) in [5, 5.41) is 22.0. The van der Waals surface area contributed by atoms with Crippen LogP contribution >= 0.6 is 0 Å². The molecule has 0 bridgehead atoms. The molecule has 0 spiro atoms. The zero-order chi connectivity index (χ0) is 22.0. The van der Waals surface area contributed by atoms with Crippen LogP contribution in [0.1, 0.15) is 59.7 Å². The quantitative estimate of drug-likeness (QED) is 0.564. The second-order valence-corrected chi connectivity index (χ2v) is 8.52. The second kappa shape index (κ2) is 9.06. The summed E-state index contributed by atoms with van der Waals surface area (Å²) < 4.78 is 1.83. The minimum absolute atomic E-state index is 0.116. The van der Waals surface area contributed by atoms with Crippen molar-refractivity contribution in [3.63, 3.8) is 0 Å². The van der Waals surface area contributed by atoms with Gasteiger partial charge in [-0.1, -0.05) is 23.8 Å². The lowest BCUT2D eigenvalue weighted by atomic mass is 9.92. The number of hydrogen-bond acceptors (Lipinski definition) is 5. The number of amides is 1. The summed E-state index contributed by atoms with van der Waals surface area (Å²) in [5.74, 6) is -0.169. The normalized spacial score (nSPS) is 18.8. The van der Waals surface area contributed by atoms with Crippen LogP contribution < -0.4 is 10.6 Å². The number of benzene rings is 1. The van der Waals surface area contributed by atoms with Gasteiger partial charge in [-0.05, 0) is 57.6 Å². The highest BCUT2D eigenvalue weighted by molar-refractivity contribution is 6.06. The Morgan fingerprint density at radius 2 is 2.10 bits per heavy atom. The van der Waals surface area contributed by atoms with E-state index < -0.39 is 0 Å². The van der Waals surface area contributed by atoms with Gasteiger partial charge in [-0.25, -0.2) is 9.67 Å². The third kappa shape index (κ3) is 4.56. The number of fused-ring (bicyclic) bond motifs is 1. The first-order valence-corrected chi connectivity index (χ1v) is 11.1. The van der Waals surface area contributed by atoms with Crippen LogP contribution in [0.4, 0.5) is 5.69 Å². The third-order valence-corrected chi connectivity index (χ3v) is 6.14. The Balaban J connectivity index is 1.63. The minimum atomic E-state index is -0.302. The lowest BCUT2D eigenvalue weighted by Crippen LogP contribution is -2.31. The molecule has 7 heteroatoms. The largest absolute Gasteiger partial charge is 0.393 e. The van der Waals surface area contributed by atoms with E-state index in [1.807, 2.05) is 11.6 Å². The van der Waals surface area contributed by atoms with Gasteiger partial charge in [0, 0.05) is 25.3 Å². The molecule has 164 valence electrons. The Labute approximate surface area is 182 Å². The van der Waals surface area contributed by atoms with Gasteiger partial charge in [0.25, 0.3) is 5.91 Å². The number of pyridine rings is 1. The van der Waals surface area contributed by atoms with Crippen molar-refractivity contribution in [2.45, 2.75) is 71.7 Å². The Morgan fingerprint density at radius 3 is 2.84 bits per heavy atom. The number of carbonyl (C=O) groups is 1. The topological polar surface area (TPSA) is 92.1 Å². The van der Waals surface area contributed by atoms with Crippen molar-refractivity contribution in [3.8, 4) is 0 Å². The molecule has 0 radical (unpaired) electrons. The number of aromatic nitrogens is 3. The van der Waals surface area contributed by atoms with Crippen molar-refractivity contribution in [1.29, 1.82) is 0 Å². The molecule has 4 rings (SSSR count). The van der Waals surface area contributed by atoms with E-state index in [1.54, 1.807) is 12.4 Å². The summed E-state index contributed by atoms with van der Waals surface area (Å²) in [4.78, 5) is 17.7. The Kier molecular flexibility index (Phi) is 6.23. The molecule has 7 nitrogen and oxygen atoms in total. The van der Waals surface area contributed by atoms with Gasteiger partial charge >= 0.3 is 0 Å². The third-order valence-electron chi connectivity index (χ3n) is 6.14. The van der Waals surface area contributed by atoms with Gasteiger partial charge in [0.1, 0.15) is 0 Å². The zero-order valence-corrected chi connectivity index (χ0v) is 18.5. The molecule has 1 aliphatic carbocycles. The number of hydrogen-bond donors (Lipinski definition) is 3. The number of carbonyl (C=O) groups excluding carboxylic acids is 1. The van der Waals surface area contributed by atoms with E-state index in [2.05, 4.69) is 52.8 Å². The second-order valence-electron chi connectivity index (χ2n) is 8.52. The SMILES string of the molecule is CCn1ncc2c(N[C@@H]3CCC[C@H](O)C3)c(C(=O)NCc3ccc(C)cc3C)cnc21. The summed E-state index contributed by atoms with van der Waals surface area (Å²) in [7, 11) is 0. The first-order chi connectivity index (χ1) is 15.0. The van der Waals surface area contributed by atoms with E-state index in [9.17, 15) is 9.90 Å². The van der Waals surface area contributed by atoms with Gasteiger partial charge in [0.05, 0.1) is 28.9 Å². The van der Waals surface area contributed by atoms with Crippen molar-refractivity contribution >= 4 is 22.6 Å². The van der Waals surface area contributed by atoms with Crippen LogP contribution in [0.5, 0.6) is 0 Å². The lowest BCUT2D eigenvalue weighted by Gasteiger charge is -2.28. The Hall–Kier alpha value is -2.93. The van der Waals surface area contributed by atoms with Crippen LogP contribution in [-0.2, 0) is 13.1 Å². The number of aliphatic hydroxyl groups excluding tert-OH is 1. The molecule has 1 saturated carbocycles. The van der Waals surface area contributed by atoms with E-state index in [0.717, 1.165) is 47.1 Å². The molecule has 31 heavy (non-hydrogen) atoms. The molecule has 2 aromatic heterocycles. The lowest BCUT2D eigenvalue weighted by molar-refractivity contribution is 0.0951. The molecule has 2 heterocycles. The van der Waals surface area contributed by atoms with E-state index in [-0.39, 0.29) is 18.1 Å². The standard InChI is InChI=1S/C24H31N5O2/c1-4-29-23-20(14-27-29)22(28-18-6-5-7-19(30)11-18)21(13-25-23)24(31)26-12-17-9-8-15(2)10-16(17)3/h8-10,13-14,18-19,30H,4-7,11-12H2,1-3H3,(H,25,28)(H,26,31)/t18-,19+/m1/s1. The van der Waals surface area contributed by atoms with Crippen LogP contribution in [0.3, 0.4) is 0 Å². The Morgan fingerprint density at radius 1 is 1.26 bits per heavy atom. The fourth-order valence-electron chi connectivity index (χ4n) is 4.40.